The van der Waals surface area contributed by atoms with Gasteiger partial charge in [-0.3, -0.25) is 4.79 Å². The molecular formula is C10H12N2O4. The molecule has 86 valence electrons. The Labute approximate surface area is 92.1 Å². The molecule has 0 saturated carbocycles. The number of benzene rings is 1. The van der Waals surface area contributed by atoms with Gasteiger partial charge in [0.05, 0.1) is 12.7 Å². The molecule has 0 aliphatic heterocycles. The summed E-state index contributed by atoms with van der Waals surface area (Å²) in [5.74, 6) is -1.02. The van der Waals surface area contributed by atoms with Gasteiger partial charge in [0.15, 0.2) is 6.61 Å². The Balaban J connectivity index is 2.87. The second-order valence-corrected chi connectivity index (χ2v) is 2.98. The van der Waals surface area contributed by atoms with E-state index in [4.69, 9.17) is 16.2 Å². The van der Waals surface area contributed by atoms with E-state index in [9.17, 15) is 9.59 Å². The summed E-state index contributed by atoms with van der Waals surface area (Å²) in [5.41, 5.74) is 11.1. The molecule has 4 N–H and O–H groups in total. The summed E-state index contributed by atoms with van der Waals surface area (Å²) in [5, 5.41) is 0. The van der Waals surface area contributed by atoms with E-state index < -0.39 is 11.9 Å². The summed E-state index contributed by atoms with van der Waals surface area (Å²) in [6.45, 7) is -0.291. The van der Waals surface area contributed by atoms with Crippen LogP contribution in [0.5, 0.6) is 5.75 Å². The van der Waals surface area contributed by atoms with E-state index in [2.05, 4.69) is 4.74 Å². The number of nitrogen functional groups attached to an aromatic ring is 1. The number of anilines is 1. The van der Waals surface area contributed by atoms with Crippen molar-refractivity contribution < 1.29 is 19.1 Å². The van der Waals surface area contributed by atoms with Crippen molar-refractivity contribution in [2.24, 2.45) is 5.73 Å². The van der Waals surface area contributed by atoms with Crippen molar-refractivity contribution in [2.45, 2.75) is 0 Å². The average molecular weight is 224 g/mol. The molecule has 0 aromatic heterocycles. The maximum atomic E-state index is 11.1. The minimum absolute atomic E-state index is 0.129. The average Bonchev–Trinajstić information content (AvgIpc) is 2.26. The lowest BCUT2D eigenvalue weighted by atomic mass is 10.1. The van der Waals surface area contributed by atoms with Gasteiger partial charge in [-0.25, -0.2) is 4.79 Å². The third kappa shape index (κ3) is 2.88. The number of nitrogens with two attached hydrogens (primary N) is 2. The van der Waals surface area contributed by atoms with Crippen LogP contribution < -0.4 is 16.2 Å². The van der Waals surface area contributed by atoms with Crippen LogP contribution in [0.15, 0.2) is 18.2 Å². The second kappa shape index (κ2) is 5.01. The van der Waals surface area contributed by atoms with Crippen LogP contribution in [0.1, 0.15) is 10.4 Å². The van der Waals surface area contributed by atoms with Gasteiger partial charge in [0.25, 0.3) is 5.91 Å². The lowest BCUT2D eigenvalue weighted by Gasteiger charge is -2.08. The molecule has 0 bridgehead atoms. The quantitative estimate of drug-likeness (QED) is 0.549. The first-order valence-corrected chi connectivity index (χ1v) is 4.43. The number of esters is 1. The first kappa shape index (κ1) is 11.8. The minimum atomic E-state index is -0.674. The van der Waals surface area contributed by atoms with Crippen molar-refractivity contribution >= 4 is 17.6 Å². The van der Waals surface area contributed by atoms with Crippen molar-refractivity contribution in [3.8, 4) is 5.75 Å². The van der Waals surface area contributed by atoms with Crippen LogP contribution >= 0.6 is 0 Å². The highest BCUT2D eigenvalue weighted by Crippen LogP contribution is 2.20. The molecule has 6 heteroatoms. The zero-order valence-corrected chi connectivity index (χ0v) is 8.73. The SMILES string of the molecule is COC(=O)COc1ccc(N)cc1C(N)=O. The van der Waals surface area contributed by atoms with E-state index in [1.807, 2.05) is 0 Å². The number of carbonyl (C=O) groups is 2. The zero-order chi connectivity index (χ0) is 12.1. The Hall–Kier alpha value is -2.24. The molecule has 16 heavy (non-hydrogen) atoms. The lowest BCUT2D eigenvalue weighted by Crippen LogP contribution is -2.17. The van der Waals surface area contributed by atoms with E-state index in [-0.39, 0.29) is 17.9 Å². The second-order valence-electron chi connectivity index (χ2n) is 2.98. The number of hydrogen-bond acceptors (Lipinski definition) is 5. The smallest absolute Gasteiger partial charge is 0.343 e. The Kier molecular flexibility index (Phi) is 3.71. The van der Waals surface area contributed by atoms with Crippen LogP contribution in [-0.4, -0.2) is 25.6 Å². The predicted molar refractivity (Wildman–Crippen MR) is 56.9 cm³/mol. The van der Waals surface area contributed by atoms with Gasteiger partial charge in [-0.2, -0.15) is 0 Å². The highest BCUT2D eigenvalue weighted by molar-refractivity contribution is 5.96. The van der Waals surface area contributed by atoms with Gasteiger partial charge in [0.2, 0.25) is 0 Å². The molecule has 0 radical (unpaired) electrons. The van der Waals surface area contributed by atoms with E-state index in [1.54, 1.807) is 6.07 Å². The molecule has 0 saturated heterocycles. The molecule has 1 aromatic carbocycles. The van der Waals surface area contributed by atoms with Crippen LogP contribution in [0.3, 0.4) is 0 Å². The first-order valence-electron chi connectivity index (χ1n) is 4.43. The van der Waals surface area contributed by atoms with Crippen molar-refractivity contribution in [3.63, 3.8) is 0 Å². The van der Waals surface area contributed by atoms with Crippen molar-refractivity contribution in [1.29, 1.82) is 0 Å². The number of ether oxygens (including phenoxy) is 2. The first-order chi connectivity index (χ1) is 7.54. The number of rotatable bonds is 4. The van der Waals surface area contributed by atoms with Crippen molar-refractivity contribution in [2.75, 3.05) is 19.5 Å². The zero-order valence-electron chi connectivity index (χ0n) is 8.73. The monoisotopic (exact) mass is 224 g/mol. The molecule has 1 rings (SSSR count). The van der Waals surface area contributed by atoms with Crippen LogP contribution in [0.25, 0.3) is 0 Å². The van der Waals surface area contributed by atoms with Gasteiger partial charge in [0, 0.05) is 5.69 Å². The molecule has 0 spiro atoms. The Bertz CT molecular complexity index is 417. The molecule has 0 fully saturated rings. The molecule has 0 aliphatic carbocycles. The summed E-state index contributed by atoms with van der Waals surface area (Å²) in [4.78, 5) is 21.9. The number of primary amides is 1. The molecule has 0 aliphatic rings. The van der Waals surface area contributed by atoms with E-state index in [0.717, 1.165) is 0 Å². The van der Waals surface area contributed by atoms with Gasteiger partial charge in [-0.1, -0.05) is 0 Å². The summed E-state index contributed by atoms with van der Waals surface area (Å²) in [6.07, 6.45) is 0. The van der Waals surface area contributed by atoms with E-state index in [0.29, 0.717) is 5.69 Å². The highest BCUT2D eigenvalue weighted by atomic mass is 16.6. The van der Waals surface area contributed by atoms with Crippen LogP contribution in [0, 0.1) is 0 Å². The largest absolute Gasteiger partial charge is 0.481 e. The predicted octanol–water partition coefficient (Wildman–Crippen LogP) is -0.0805. The fourth-order valence-corrected chi connectivity index (χ4v) is 1.06. The van der Waals surface area contributed by atoms with Gasteiger partial charge in [0.1, 0.15) is 5.75 Å². The third-order valence-electron chi connectivity index (χ3n) is 1.84. The number of amides is 1. The van der Waals surface area contributed by atoms with E-state index in [1.165, 1.54) is 19.2 Å². The van der Waals surface area contributed by atoms with Gasteiger partial charge in [-0.15, -0.1) is 0 Å². The molecule has 0 heterocycles. The van der Waals surface area contributed by atoms with Gasteiger partial charge < -0.3 is 20.9 Å². The van der Waals surface area contributed by atoms with E-state index >= 15 is 0 Å². The third-order valence-corrected chi connectivity index (χ3v) is 1.84. The maximum Gasteiger partial charge on any atom is 0.343 e. The Morgan fingerprint density at radius 1 is 1.38 bits per heavy atom. The Morgan fingerprint density at radius 3 is 2.62 bits per heavy atom. The summed E-state index contributed by atoms with van der Waals surface area (Å²) < 4.78 is 9.47. The topological polar surface area (TPSA) is 105 Å². The van der Waals surface area contributed by atoms with Gasteiger partial charge in [-0.05, 0) is 18.2 Å². The summed E-state index contributed by atoms with van der Waals surface area (Å²) in [7, 11) is 1.24. The Morgan fingerprint density at radius 2 is 2.06 bits per heavy atom. The normalized spacial score (nSPS) is 9.56. The number of carbonyl (C=O) groups excluding carboxylic acids is 2. The van der Waals surface area contributed by atoms with Crippen molar-refractivity contribution in [1.82, 2.24) is 0 Å². The van der Waals surface area contributed by atoms with Crippen LogP contribution in [0.2, 0.25) is 0 Å². The van der Waals surface area contributed by atoms with Crippen LogP contribution in [0.4, 0.5) is 5.69 Å². The molecule has 0 atom stereocenters. The summed E-state index contributed by atoms with van der Waals surface area (Å²) >= 11 is 0. The standard InChI is InChI=1S/C10H12N2O4/c1-15-9(13)5-16-8-3-2-6(11)4-7(8)10(12)14/h2-4H,5,11H2,1H3,(H2,12,14). The molecule has 1 amide bonds. The highest BCUT2D eigenvalue weighted by Gasteiger charge is 2.11. The molecule has 6 nitrogen and oxygen atoms in total. The van der Waals surface area contributed by atoms with Gasteiger partial charge >= 0.3 is 5.97 Å². The molecule has 0 unspecified atom stereocenters. The maximum absolute atomic E-state index is 11.1. The minimum Gasteiger partial charge on any atom is -0.481 e. The lowest BCUT2D eigenvalue weighted by molar-refractivity contribution is -0.142. The fraction of sp³-hybridized carbons (Fsp3) is 0.200. The van der Waals surface area contributed by atoms with Crippen molar-refractivity contribution in [3.05, 3.63) is 23.8 Å². The molecule has 1 aromatic rings. The fourth-order valence-electron chi connectivity index (χ4n) is 1.06. The number of methoxy groups -OCH3 is 1. The molecular weight excluding hydrogens is 212 g/mol. The number of hydrogen-bond donors (Lipinski definition) is 2. The summed E-state index contributed by atoms with van der Waals surface area (Å²) in [6, 6.07) is 4.40. The van der Waals surface area contributed by atoms with Crippen LogP contribution in [-0.2, 0) is 9.53 Å².